The van der Waals surface area contributed by atoms with Crippen LogP contribution >= 0.6 is 0 Å². The zero-order valence-electron chi connectivity index (χ0n) is 12.6. The van der Waals surface area contributed by atoms with Crippen molar-refractivity contribution in [2.75, 3.05) is 6.54 Å². The van der Waals surface area contributed by atoms with E-state index in [1.807, 2.05) is 12.1 Å². The van der Waals surface area contributed by atoms with E-state index in [-0.39, 0.29) is 5.91 Å². The highest BCUT2D eigenvalue weighted by atomic mass is 16.1. The van der Waals surface area contributed by atoms with Crippen molar-refractivity contribution >= 4 is 5.91 Å². The molecule has 114 valence electrons. The Balaban J connectivity index is 1.62. The molecule has 0 spiro atoms. The molecule has 2 aromatic rings. The van der Waals surface area contributed by atoms with Gasteiger partial charge in [-0.05, 0) is 43.0 Å². The minimum absolute atomic E-state index is 0.0508. The van der Waals surface area contributed by atoms with Crippen LogP contribution in [0.2, 0.25) is 0 Å². The first-order valence-electron chi connectivity index (χ1n) is 7.53. The average Bonchev–Trinajstić information content (AvgIpc) is 3.00. The Bertz CT molecular complexity index is 687. The van der Waals surface area contributed by atoms with E-state index in [0.717, 1.165) is 18.4 Å². The fraction of sp³-hybridized carbons (Fsp3) is 0.375. The molecule has 3 rings (SSSR count). The lowest BCUT2D eigenvalue weighted by molar-refractivity contribution is 0.0956. The Hall–Kier alpha value is -2.50. The lowest BCUT2D eigenvalue weighted by Crippen LogP contribution is -2.26. The third-order valence-corrected chi connectivity index (χ3v) is 3.77. The van der Waals surface area contributed by atoms with Crippen molar-refractivity contribution in [1.82, 2.24) is 25.5 Å². The maximum Gasteiger partial charge on any atom is 0.251 e. The molecule has 1 aliphatic carbocycles. The van der Waals surface area contributed by atoms with Crippen molar-refractivity contribution < 1.29 is 4.79 Å². The highest BCUT2D eigenvalue weighted by Crippen LogP contribution is 2.17. The molecule has 0 radical (unpaired) electrons. The molecule has 0 saturated carbocycles. The molecular formula is C16H19N5O. The fourth-order valence-electron chi connectivity index (χ4n) is 2.53. The van der Waals surface area contributed by atoms with Crippen LogP contribution in [0.25, 0.3) is 11.4 Å². The number of aromatic nitrogens is 4. The first-order valence-corrected chi connectivity index (χ1v) is 7.53. The number of amides is 1. The standard InChI is InChI=1S/C16H19N5O/c1-21-19-15(18-20-21)13-7-9-14(10-8-13)16(22)17-11-12-5-3-2-4-6-12/h5,7-10H,2-4,6,11H2,1H3,(H,17,22). The van der Waals surface area contributed by atoms with Gasteiger partial charge in [0.2, 0.25) is 5.82 Å². The molecule has 1 heterocycles. The van der Waals surface area contributed by atoms with Crippen LogP contribution in [0.1, 0.15) is 36.0 Å². The Morgan fingerprint density at radius 3 is 2.73 bits per heavy atom. The van der Waals surface area contributed by atoms with Crippen LogP contribution in [0.5, 0.6) is 0 Å². The predicted molar refractivity (Wildman–Crippen MR) is 83.1 cm³/mol. The lowest BCUT2D eigenvalue weighted by atomic mass is 9.99. The summed E-state index contributed by atoms with van der Waals surface area (Å²) in [6.07, 6.45) is 6.95. The van der Waals surface area contributed by atoms with E-state index in [1.165, 1.54) is 23.2 Å². The van der Waals surface area contributed by atoms with Gasteiger partial charge in [0.1, 0.15) is 0 Å². The topological polar surface area (TPSA) is 72.7 Å². The van der Waals surface area contributed by atoms with Gasteiger partial charge in [0.25, 0.3) is 5.91 Å². The third kappa shape index (κ3) is 3.39. The number of hydrogen-bond acceptors (Lipinski definition) is 4. The van der Waals surface area contributed by atoms with Gasteiger partial charge in [-0.1, -0.05) is 23.8 Å². The van der Waals surface area contributed by atoms with E-state index in [2.05, 4.69) is 26.8 Å². The second kappa shape index (κ2) is 6.51. The second-order valence-corrected chi connectivity index (χ2v) is 5.47. The van der Waals surface area contributed by atoms with E-state index in [0.29, 0.717) is 17.9 Å². The van der Waals surface area contributed by atoms with Crippen LogP contribution in [0.15, 0.2) is 35.9 Å². The Kier molecular flexibility index (Phi) is 4.27. The van der Waals surface area contributed by atoms with E-state index in [1.54, 1.807) is 19.2 Å². The SMILES string of the molecule is Cn1nnc(-c2ccc(C(=O)NCC3=CCCCC3)cc2)n1. The summed E-state index contributed by atoms with van der Waals surface area (Å²) in [6, 6.07) is 7.25. The molecule has 0 saturated heterocycles. The molecule has 1 aromatic heterocycles. The van der Waals surface area contributed by atoms with Crippen molar-refractivity contribution in [3.05, 3.63) is 41.5 Å². The van der Waals surface area contributed by atoms with E-state index < -0.39 is 0 Å². The van der Waals surface area contributed by atoms with Gasteiger partial charge in [-0.2, -0.15) is 4.80 Å². The zero-order valence-corrected chi connectivity index (χ0v) is 12.6. The first-order chi connectivity index (χ1) is 10.7. The molecule has 1 N–H and O–H groups in total. The monoisotopic (exact) mass is 297 g/mol. The summed E-state index contributed by atoms with van der Waals surface area (Å²) in [5.74, 6) is 0.506. The molecule has 0 atom stereocenters. The number of allylic oxidation sites excluding steroid dienone is 1. The molecular weight excluding hydrogens is 278 g/mol. The number of carbonyl (C=O) groups excluding carboxylic acids is 1. The first kappa shape index (κ1) is 14.4. The normalized spacial score (nSPS) is 14.5. The number of carbonyl (C=O) groups is 1. The van der Waals surface area contributed by atoms with Crippen LogP contribution in [0.3, 0.4) is 0 Å². The molecule has 1 aliphatic rings. The van der Waals surface area contributed by atoms with Crippen LogP contribution in [0.4, 0.5) is 0 Å². The van der Waals surface area contributed by atoms with Gasteiger partial charge in [0.05, 0.1) is 7.05 Å². The summed E-state index contributed by atoms with van der Waals surface area (Å²) in [4.78, 5) is 13.6. The predicted octanol–water partition coefficient (Wildman–Crippen LogP) is 2.11. The van der Waals surface area contributed by atoms with Crippen molar-refractivity contribution in [1.29, 1.82) is 0 Å². The Morgan fingerprint density at radius 1 is 1.27 bits per heavy atom. The van der Waals surface area contributed by atoms with E-state index >= 15 is 0 Å². The van der Waals surface area contributed by atoms with Crippen LogP contribution < -0.4 is 5.32 Å². The number of aryl methyl sites for hydroxylation is 1. The molecule has 0 aliphatic heterocycles. The summed E-state index contributed by atoms with van der Waals surface area (Å²) < 4.78 is 0. The Morgan fingerprint density at radius 2 is 2.09 bits per heavy atom. The molecule has 6 nitrogen and oxygen atoms in total. The number of hydrogen-bond donors (Lipinski definition) is 1. The summed E-state index contributed by atoms with van der Waals surface area (Å²) >= 11 is 0. The van der Waals surface area contributed by atoms with E-state index in [4.69, 9.17) is 0 Å². The van der Waals surface area contributed by atoms with E-state index in [9.17, 15) is 4.79 Å². The smallest absolute Gasteiger partial charge is 0.251 e. The third-order valence-electron chi connectivity index (χ3n) is 3.77. The zero-order chi connectivity index (χ0) is 15.4. The highest BCUT2D eigenvalue weighted by Gasteiger charge is 2.09. The second-order valence-electron chi connectivity index (χ2n) is 5.47. The molecule has 0 fully saturated rings. The summed E-state index contributed by atoms with van der Waals surface area (Å²) in [7, 11) is 1.72. The number of benzene rings is 1. The maximum atomic E-state index is 12.2. The minimum atomic E-state index is -0.0508. The van der Waals surface area contributed by atoms with Gasteiger partial charge in [-0.15, -0.1) is 10.2 Å². The Labute approximate surface area is 129 Å². The van der Waals surface area contributed by atoms with Gasteiger partial charge >= 0.3 is 0 Å². The lowest BCUT2D eigenvalue weighted by Gasteiger charge is -2.13. The van der Waals surface area contributed by atoms with Gasteiger partial charge in [-0.3, -0.25) is 4.79 Å². The fourth-order valence-corrected chi connectivity index (χ4v) is 2.53. The summed E-state index contributed by atoms with van der Waals surface area (Å²) in [5.41, 5.74) is 2.82. The van der Waals surface area contributed by atoms with Crippen LogP contribution in [-0.2, 0) is 7.05 Å². The number of nitrogens with zero attached hydrogens (tertiary/aromatic N) is 4. The maximum absolute atomic E-state index is 12.2. The molecule has 1 amide bonds. The quantitative estimate of drug-likeness (QED) is 0.877. The number of rotatable bonds is 4. The van der Waals surface area contributed by atoms with Crippen molar-refractivity contribution in [3.63, 3.8) is 0 Å². The highest BCUT2D eigenvalue weighted by molar-refractivity contribution is 5.94. The average molecular weight is 297 g/mol. The minimum Gasteiger partial charge on any atom is -0.348 e. The van der Waals surface area contributed by atoms with Gasteiger partial charge < -0.3 is 5.32 Å². The number of tetrazole rings is 1. The van der Waals surface area contributed by atoms with Gasteiger partial charge in [0.15, 0.2) is 0 Å². The van der Waals surface area contributed by atoms with Crippen molar-refractivity contribution in [2.24, 2.45) is 7.05 Å². The molecule has 0 bridgehead atoms. The van der Waals surface area contributed by atoms with Crippen LogP contribution in [-0.4, -0.2) is 32.7 Å². The summed E-state index contributed by atoms with van der Waals surface area (Å²) in [6.45, 7) is 0.645. The number of nitrogens with one attached hydrogen (secondary N) is 1. The van der Waals surface area contributed by atoms with Crippen molar-refractivity contribution in [3.8, 4) is 11.4 Å². The van der Waals surface area contributed by atoms with Crippen molar-refractivity contribution in [2.45, 2.75) is 25.7 Å². The summed E-state index contributed by atoms with van der Waals surface area (Å²) in [5, 5.41) is 14.9. The molecule has 6 heteroatoms. The van der Waals surface area contributed by atoms with Gasteiger partial charge in [0, 0.05) is 17.7 Å². The van der Waals surface area contributed by atoms with Crippen LogP contribution in [0, 0.1) is 0 Å². The van der Waals surface area contributed by atoms with Gasteiger partial charge in [-0.25, -0.2) is 0 Å². The molecule has 0 unspecified atom stereocenters. The molecule has 22 heavy (non-hydrogen) atoms. The molecule has 1 aromatic carbocycles. The largest absolute Gasteiger partial charge is 0.348 e.